The van der Waals surface area contributed by atoms with E-state index in [4.69, 9.17) is 33.2 Å². The van der Waals surface area contributed by atoms with Crippen molar-refractivity contribution in [3.63, 3.8) is 0 Å². The van der Waals surface area contributed by atoms with E-state index in [0.29, 0.717) is 5.57 Å². The maximum atomic E-state index is 15.1. The van der Waals surface area contributed by atoms with E-state index in [1.807, 2.05) is 0 Å². The van der Waals surface area contributed by atoms with Gasteiger partial charge in [-0.3, -0.25) is 28.8 Å². The van der Waals surface area contributed by atoms with Gasteiger partial charge in [-0.2, -0.15) is 0 Å². The summed E-state index contributed by atoms with van der Waals surface area (Å²) in [5.41, 5.74) is -4.31. The van der Waals surface area contributed by atoms with Crippen molar-refractivity contribution in [1.82, 2.24) is 0 Å². The molecule has 0 radical (unpaired) electrons. The quantitative estimate of drug-likeness (QED) is 0.192. The molecule has 0 aromatic carbocycles. The van der Waals surface area contributed by atoms with Gasteiger partial charge in [0.1, 0.15) is 18.8 Å². The molecule has 0 N–H and O–H groups in total. The molecule has 0 amide bonds. The Morgan fingerprint density at radius 3 is 2.00 bits per heavy atom. The van der Waals surface area contributed by atoms with Crippen LogP contribution in [0.15, 0.2) is 11.6 Å². The lowest BCUT2D eigenvalue weighted by molar-refractivity contribution is -0.290. The molecule has 1 unspecified atom stereocenters. The van der Waals surface area contributed by atoms with Gasteiger partial charge in [-0.1, -0.05) is 26.3 Å². The highest BCUT2D eigenvalue weighted by molar-refractivity contribution is 5.93. The molecule has 4 aliphatic rings. The topological polar surface area (TPSA) is 201 Å². The minimum Gasteiger partial charge on any atom is -0.465 e. The fraction of sp³-hybridized carbons (Fsp3) is 0.714. The largest absolute Gasteiger partial charge is 0.465 e. The first-order valence-corrected chi connectivity index (χ1v) is 16.6. The van der Waals surface area contributed by atoms with Crippen LogP contribution in [0.1, 0.15) is 82.1 Å². The van der Waals surface area contributed by atoms with Crippen LogP contribution >= 0.6 is 0 Å². The third-order valence-corrected chi connectivity index (χ3v) is 11.0. The van der Waals surface area contributed by atoms with Gasteiger partial charge in [-0.05, 0) is 38.7 Å². The molecule has 1 saturated heterocycles. The molecular weight excluding hydrogens is 660 g/mol. The first-order valence-electron chi connectivity index (χ1n) is 16.6. The van der Waals surface area contributed by atoms with Gasteiger partial charge in [0.15, 0.2) is 18.0 Å². The number of ether oxygens (including phenoxy) is 7. The van der Waals surface area contributed by atoms with Gasteiger partial charge >= 0.3 is 41.8 Å². The van der Waals surface area contributed by atoms with E-state index in [-0.39, 0.29) is 12.8 Å². The Kier molecular flexibility index (Phi) is 10.6. The number of Topliss-reactive ketones (excluding diaryl/α,β-unsaturated/α-hetero) is 1. The van der Waals surface area contributed by atoms with Crippen molar-refractivity contribution in [2.75, 3.05) is 6.61 Å². The summed E-state index contributed by atoms with van der Waals surface area (Å²) in [4.78, 5) is 105. The number of hydrogen-bond donors (Lipinski definition) is 0. The lowest BCUT2D eigenvalue weighted by atomic mass is 9.37. The summed E-state index contributed by atoms with van der Waals surface area (Å²) in [7, 11) is 0. The van der Waals surface area contributed by atoms with Crippen LogP contribution in [-0.2, 0) is 71.5 Å². The van der Waals surface area contributed by atoms with Crippen LogP contribution in [0, 0.1) is 34.5 Å². The van der Waals surface area contributed by atoms with Crippen molar-refractivity contribution >= 4 is 47.6 Å². The van der Waals surface area contributed by atoms with Crippen molar-refractivity contribution in [2.45, 2.75) is 118 Å². The Labute approximate surface area is 290 Å². The zero-order valence-corrected chi connectivity index (χ0v) is 30.0. The molecule has 50 heavy (non-hydrogen) atoms. The fourth-order valence-electron chi connectivity index (χ4n) is 9.10. The molecule has 1 aliphatic heterocycles. The Balaban J connectivity index is 2.05. The fourth-order valence-corrected chi connectivity index (χ4v) is 9.10. The monoisotopic (exact) mass is 706 g/mol. The number of esters is 7. The number of ketones is 1. The summed E-state index contributed by atoms with van der Waals surface area (Å²) < 4.78 is 40.1. The maximum absolute atomic E-state index is 15.1. The molecule has 3 aliphatic carbocycles. The molecule has 0 aromatic heterocycles. The number of carbonyl (C=O) groups is 8. The van der Waals surface area contributed by atoms with Crippen LogP contribution in [-0.4, -0.2) is 90.3 Å². The Morgan fingerprint density at radius 1 is 0.880 bits per heavy atom. The Bertz CT molecular complexity index is 1510. The number of carbonyl (C=O) groups excluding carboxylic acids is 8. The first kappa shape index (κ1) is 38.5. The third-order valence-electron chi connectivity index (χ3n) is 11.0. The summed E-state index contributed by atoms with van der Waals surface area (Å²) >= 11 is 0. The molecule has 15 heteroatoms. The van der Waals surface area contributed by atoms with Crippen molar-refractivity contribution in [1.29, 1.82) is 0 Å². The van der Waals surface area contributed by atoms with Gasteiger partial charge < -0.3 is 33.2 Å². The van der Waals surface area contributed by atoms with Crippen molar-refractivity contribution in [3.05, 3.63) is 11.6 Å². The second-order valence-electron chi connectivity index (χ2n) is 14.2. The summed E-state index contributed by atoms with van der Waals surface area (Å²) in [5.74, 6) is -10.7. The van der Waals surface area contributed by atoms with E-state index >= 15 is 4.79 Å². The van der Waals surface area contributed by atoms with E-state index in [1.165, 1.54) is 13.8 Å². The molecule has 12 atom stereocenters. The molecule has 0 spiro atoms. The molecule has 0 aromatic rings. The molecule has 3 fully saturated rings. The predicted molar refractivity (Wildman–Crippen MR) is 167 cm³/mol. The molecule has 4 rings (SSSR count). The van der Waals surface area contributed by atoms with Crippen LogP contribution in [0.3, 0.4) is 0 Å². The number of fused-ring (bicyclic) bond motifs is 2. The van der Waals surface area contributed by atoms with E-state index < -0.39 is 125 Å². The first-order chi connectivity index (χ1) is 23.1. The highest BCUT2D eigenvalue weighted by Crippen LogP contribution is 2.69. The van der Waals surface area contributed by atoms with E-state index in [9.17, 15) is 33.6 Å². The molecule has 15 nitrogen and oxygen atoms in total. The second-order valence-corrected chi connectivity index (χ2v) is 14.2. The molecule has 0 bridgehead atoms. The average Bonchev–Trinajstić information content (AvgIpc) is 2.99. The normalized spacial score (nSPS) is 36.8. The van der Waals surface area contributed by atoms with Crippen LogP contribution in [0.25, 0.3) is 0 Å². The average molecular weight is 707 g/mol. The van der Waals surface area contributed by atoms with Crippen molar-refractivity contribution in [3.8, 4) is 0 Å². The van der Waals surface area contributed by atoms with Gasteiger partial charge in [0.05, 0.1) is 5.41 Å². The second kappa shape index (κ2) is 13.8. The van der Waals surface area contributed by atoms with Crippen molar-refractivity contribution < 1.29 is 71.5 Å². The molecule has 276 valence electrons. The highest BCUT2D eigenvalue weighted by atomic mass is 16.6. The summed E-state index contributed by atoms with van der Waals surface area (Å²) in [6.45, 7) is 13.1. The SMILES string of the molecule is CCC(C)(OC(C)=O)C(=O)O[C@H]1C(=O)O[C@@H]2C[C@H]3C(C)=C[C@H](OC(C)=O)[C@@H](OC(C)=O)[C@]3(C)[C@H]3C(=O)[C@H](OC(C)=O)[C@H](C)[C@H]1[C@@]32COC(C)=O. The van der Waals surface area contributed by atoms with Crippen molar-refractivity contribution in [2.24, 2.45) is 34.5 Å². The lowest BCUT2D eigenvalue weighted by Crippen LogP contribution is -2.78. The lowest BCUT2D eigenvalue weighted by Gasteiger charge is -2.68. The van der Waals surface area contributed by atoms with E-state index in [0.717, 1.165) is 27.7 Å². The van der Waals surface area contributed by atoms with E-state index in [2.05, 4.69) is 0 Å². The van der Waals surface area contributed by atoms with Gasteiger partial charge in [0.2, 0.25) is 11.7 Å². The third kappa shape index (κ3) is 6.39. The van der Waals surface area contributed by atoms with Gasteiger partial charge in [0, 0.05) is 57.8 Å². The number of allylic oxidation sites excluding steroid dienone is 1. The highest BCUT2D eigenvalue weighted by Gasteiger charge is 2.78. The minimum atomic E-state index is -1.82. The number of rotatable bonds is 9. The summed E-state index contributed by atoms with van der Waals surface area (Å²) in [6.07, 6.45) is -5.23. The number of hydrogen-bond acceptors (Lipinski definition) is 15. The smallest absolute Gasteiger partial charge is 0.351 e. The standard InChI is InChI=1S/C35H46O15/c1-11-33(9,50-21(8)40)32(43)49-28-25-16(3)27(46-19(6)38)26(41)29-34(10)22(13-24(48-31(28)42)35(25,29)14-44-17(4)36)15(2)12-23(45-18(5)37)30(34)47-20(7)39/h12,16,22-25,27-30H,11,13-14H2,1-10H3/t16-,22+,23+,24-,25-,27-,28-,29-,30-,33?,34+,35+/m1/s1. The molecule has 2 saturated carbocycles. The Morgan fingerprint density at radius 2 is 1.48 bits per heavy atom. The van der Waals surface area contributed by atoms with Gasteiger partial charge in [-0.25, -0.2) is 9.59 Å². The van der Waals surface area contributed by atoms with Gasteiger partial charge in [0.25, 0.3) is 0 Å². The van der Waals surface area contributed by atoms with Crippen LogP contribution in [0.5, 0.6) is 0 Å². The zero-order valence-electron chi connectivity index (χ0n) is 30.0. The Hall–Kier alpha value is -4.30. The molecule has 1 heterocycles. The van der Waals surface area contributed by atoms with E-state index in [1.54, 1.807) is 33.8 Å². The summed E-state index contributed by atoms with van der Waals surface area (Å²) in [5, 5.41) is 0. The summed E-state index contributed by atoms with van der Waals surface area (Å²) in [6, 6.07) is 0. The van der Waals surface area contributed by atoms with Crippen LogP contribution < -0.4 is 0 Å². The zero-order chi connectivity index (χ0) is 37.7. The van der Waals surface area contributed by atoms with Crippen LogP contribution in [0.2, 0.25) is 0 Å². The minimum absolute atomic E-state index is 0.0290. The predicted octanol–water partition coefficient (Wildman–Crippen LogP) is 2.34. The molecular formula is C35H46O15. The van der Waals surface area contributed by atoms with Gasteiger partial charge in [-0.15, -0.1) is 0 Å². The maximum Gasteiger partial charge on any atom is 0.351 e. The van der Waals surface area contributed by atoms with Crippen LogP contribution in [0.4, 0.5) is 0 Å².